The highest BCUT2D eigenvalue weighted by molar-refractivity contribution is 7.43. The molecule has 0 unspecified atom stereocenters. The van der Waals surface area contributed by atoms with Crippen molar-refractivity contribution >= 4 is 43.3 Å². The highest BCUT2D eigenvalue weighted by Gasteiger charge is 2.36. The lowest BCUT2D eigenvalue weighted by atomic mass is 10.0. The number of aliphatic hydroxyl groups is 1. The summed E-state index contributed by atoms with van der Waals surface area (Å²) in [6, 6.07) is -7.30. The third kappa shape index (κ3) is 11.8. The molecule has 1 aliphatic heterocycles. The van der Waals surface area contributed by atoms with Crippen LogP contribution in [0.15, 0.2) is 12.5 Å². The number of imidazole rings is 1. The minimum absolute atomic E-state index is 0.0916. The van der Waals surface area contributed by atoms with Gasteiger partial charge in [0.25, 0.3) is 0 Å². The maximum Gasteiger partial charge on any atom is 0.245 e. The topological polar surface area (TPSA) is 298 Å². The second kappa shape index (κ2) is 17.1. The molecule has 2 rings (SSSR count). The average Bonchev–Trinajstić information content (AvgIpc) is 3.64. The highest BCUT2D eigenvalue weighted by atomic mass is 31.2. The van der Waals surface area contributed by atoms with Crippen LogP contribution < -0.4 is 36.2 Å². The van der Waals surface area contributed by atoms with Gasteiger partial charge in [0.2, 0.25) is 29.5 Å². The van der Waals surface area contributed by atoms with E-state index in [0.29, 0.717) is 25.1 Å². The fraction of sp³-hybridized carbons (Fsp3) is 0.654. The van der Waals surface area contributed by atoms with Gasteiger partial charge in [-0.3, -0.25) is 24.0 Å². The van der Waals surface area contributed by atoms with Gasteiger partial charge in [-0.2, -0.15) is 0 Å². The zero-order chi connectivity index (χ0) is 34.8. The van der Waals surface area contributed by atoms with Gasteiger partial charge in [-0.1, -0.05) is 13.8 Å². The number of phosphoric acid groups is 1. The molecule has 1 aliphatic rings. The van der Waals surface area contributed by atoms with E-state index in [4.69, 9.17) is 0 Å². The summed E-state index contributed by atoms with van der Waals surface area (Å²) in [5.41, 5.74) is 0.376. The van der Waals surface area contributed by atoms with Gasteiger partial charge in [-0.15, -0.1) is 0 Å². The summed E-state index contributed by atoms with van der Waals surface area (Å²) in [5.74, 6) is -6.02. The van der Waals surface area contributed by atoms with Gasteiger partial charge in [0, 0.05) is 31.8 Å². The van der Waals surface area contributed by atoms with E-state index in [9.17, 15) is 53.3 Å². The molecule has 0 saturated carbocycles. The second-order valence-corrected chi connectivity index (χ2v) is 12.3. The average molecular weight is 673 g/mol. The second-order valence-electron chi connectivity index (χ2n) is 11.2. The first kappa shape index (κ1) is 38.3. The first-order chi connectivity index (χ1) is 21.4. The Morgan fingerprint density at radius 1 is 1.04 bits per heavy atom. The molecule has 19 nitrogen and oxygen atoms in total. The number of carboxylic acids is 1. The lowest BCUT2D eigenvalue weighted by Crippen LogP contribution is -2.61. The van der Waals surface area contributed by atoms with Gasteiger partial charge in [0.05, 0.1) is 38.9 Å². The predicted molar refractivity (Wildman–Crippen MR) is 150 cm³/mol. The normalized spacial score (nSPS) is 18.2. The summed E-state index contributed by atoms with van der Waals surface area (Å²) in [6.45, 7) is 5.15. The molecule has 2 heterocycles. The van der Waals surface area contributed by atoms with E-state index in [0.717, 1.165) is 6.92 Å². The van der Waals surface area contributed by atoms with E-state index >= 15 is 0 Å². The van der Waals surface area contributed by atoms with Gasteiger partial charge < -0.3 is 65.0 Å². The van der Waals surface area contributed by atoms with Crippen LogP contribution >= 0.6 is 7.82 Å². The number of H-pyrrole nitrogens is 1. The van der Waals surface area contributed by atoms with Crippen molar-refractivity contribution in [3.63, 3.8) is 0 Å². The molecule has 5 amide bonds. The van der Waals surface area contributed by atoms with Crippen molar-refractivity contribution in [3.8, 4) is 0 Å². The van der Waals surface area contributed by atoms with Crippen LogP contribution in [0.5, 0.6) is 0 Å². The molecule has 0 radical (unpaired) electrons. The Morgan fingerprint density at radius 3 is 2.17 bits per heavy atom. The number of aromatic nitrogens is 2. The van der Waals surface area contributed by atoms with Crippen molar-refractivity contribution in [2.45, 2.75) is 89.7 Å². The van der Waals surface area contributed by atoms with E-state index < -0.39 is 80.3 Å². The Morgan fingerprint density at radius 2 is 1.65 bits per heavy atom. The molecule has 20 heteroatoms. The summed E-state index contributed by atoms with van der Waals surface area (Å²) in [5, 5.41) is 30.5. The van der Waals surface area contributed by atoms with E-state index in [1.165, 1.54) is 24.3 Å². The van der Waals surface area contributed by atoms with E-state index in [1.807, 2.05) is 19.2 Å². The molecule has 1 fully saturated rings. The van der Waals surface area contributed by atoms with Crippen LogP contribution in [0.25, 0.3) is 0 Å². The Hall–Kier alpha value is -3.90. The van der Waals surface area contributed by atoms with Crippen LogP contribution in [0.3, 0.4) is 0 Å². The molecule has 0 aliphatic carbocycles. The smallest absolute Gasteiger partial charge is 0.245 e. The number of nitrogens with zero attached hydrogens (tertiary/aromatic N) is 2. The molecule has 1 aromatic heterocycles. The van der Waals surface area contributed by atoms with Gasteiger partial charge in [-0.25, -0.2) is 4.98 Å². The number of nitrogens with one attached hydrogen (secondary N) is 5. The Labute approximate surface area is 264 Å². The molecular formula is C26H39N7O12P-3. The van der Waals surface area contributed by atoms with Crippen molar-refractivity contribution < 1.29 is 57.9 Å². The van der Waals surface area contributed by atoms with Crippen molar-refractivity contribution in [3.05, 3.63) is 18.2 Å². The number of carboxylic acid groups (broad SMARTS) is 1. The van der Waals surface area contributed by atoms with Gasteiger partial charge in [0.15, 0.2) is 0 Å². The Kier molecular flexibility index (Phi) is 14.3. The van der Waals surface area contributed by atoms with Crippen LogP contribution in [0.4, 0.5) is 0 Å². The SMILES string of the molecule is CC(=O)N1CCC[C@H]1C(=O)N[C@@H](CC(C)C)C(=O)N[C@@H](Cc1cnc[nH]1)C(=O)N[C@@H](CO)C(=O)N[C@H](C(=O)[O-])[C@@H](C)OP(=O)([O-])[O-]. The third-order valence-corrected chi connectivity index (χ3v) is 7.63. The maximum atomic E-state index is 13.5. The van der Waals surface area contributed by atoms with Crippen LogP contribution in [0, 0.1) is 5.92 Å². The number of rotatable bonds is 17. The molecule has 1 saturated heterocycles. The molecule has 0 spiro atoms. The molecule has 258 valence electrons. The third-order valence-electron chi connectivity index (χ3n) is 7.04. The fourth-order valence-corrected chi connectivity index (χ4v) is 5.37. The number of hydrogen-bond acceptors (Lipinski definition) is 13. The minimum Gasteiger partial charge on any atom is -0.790 e. The molecule has 6 atom stereocenters. The standard InChI is InChI=1S/C26H42N7O12P/c1-13(2)8-17(30-25(39)20-6-5-7-33(20)15(4)35)22(36)29-18(9-16-10-27-12-28-16)23(37)31-19(11-34)24(38)32-21(26(40)41)14(3)45-46(42,43)44/h10,12-14,17-21,34H,5-9,11H2,1-4H3,(H,27,28)(H,29,36)(H,30,39)(H,31,37)(H,32,38)(H,40,41)(H2,42,43,44)/p-3/t14-,17+,18+,19+,20+,21+/m1/s1. The predicted octanol–water partition coefficient (Wildman–Crippen LogP) is -5.08. The van der Waals surface area contributed by atoms with E-state index in [1.54, 1.807) is 0 Å². The Bertz CT molecular complexity index is 1290. The monoisotopic (exact) mass is 672 g/mol. The van der Waals surface area contributed by atoms with Crippen molar-refractivity contribution in [1.82, 2.24) is 36.1 Å². The quantitative estimate of drug-likeness (QED) is 0.0846. The lowest BCUT2D eigenvalue weighted by molar-refractivity contribution is -0.346. The van der Waals surface area contributed by atoms with Crippen LogP contribution in [0.1, 0.15) is 52.7 Å². The molecule has 1 aromatic rings. The van der Waals surface area contributed by atoms with Crippen LogP contribution in [-0.4, -0.2) is 105 Å². The van der Waals surface area contributed by atoms with E-state index in [2.05, 4.69) is 30.4 Å². The molecule has 0 aromatic carbocycles. The summed E-state index contributed by atoms with van der Waals surface area (Å²) in [7, 11) is -5.66. The lowest BCUT2D eigenvalue weighted by Gasteiger charge is -2.36. The van der Waals surface area contributed by atoms with Crippen LogP contribution in [0.2, 0.25) is 0 Å². The summed E-state index contributed by atoms with van der Waals surface area (Å²) in [4.78, 5) is 106. The van der Waals surface area contributed by atoms with E-state index in [-0.39, 0.29) is 24.7 Å². The largest absolute Gasteiger partial charge is 0.790 e. The fourth-order valence-electron chi connectivity index (χ4n) is 4.84. The Balaban J connectivity index is 2.23. The number of phosphoric ester groups is 1. The summed E-state index contributed by atoms with van der Waals surface area (Å²) < 4.78 is 15.0. The number of carbonyl (C=O) groups excluding carboxylic acids is 6. The molecule has 46 heavy (non-hydrogen) atoms. The zero-order valence-electron chi connectivity index (χ0n) is 25.7. The summed E-state index contributed by atoms with van der Waals surface area (Å²) in [6.07, 6.45) is 1.75. The molecule has 0 bridgehead atoms. The number of aliphatic carboxylic acids is 1. The first-order valence-electron chi connectivity index (χ1n) is 14.4. The summed E-state index contributed by atoms with van der Waals surface area (Å²) >= 11 is 0. The van der Waals surface area contributed by atoms with Crippen molar-refractivity contribution in [2.75, 3.05) is 13.2 Å². The highest BCUT2D eigenvalue weighted by Crippen LogP contribution is 2.28. The maximum absolute atomic E-state index is 13.5. The molecule has 6 N–H and O–H groups in total. The number of likely N-dealkylation sites (tertiary alicyclic amines) is 1. The van der Waals surface area contributed by atoms with Crippen molar-refractivity contribution in [2.24, 2.45) is 5.92 Å². The van der Waals surface area contributed by atoms with Gasteiger partial charge in [0.1, 0.15) is 24.2 Å². The number of aliphatic hydroxyl groups excluding tert-OH is 1. The van der Waals surface area contributed by atoms with Crippen LogP contribution in [-0.2, 0) is 44.3 Å². The van der Waals surface area contributed by atoms with Gasteiger partial charge in [-0.05, 0) is 32.1 Å². The number of aromatic amines is 1. The number of carbonyl (C=O) groups is 6. The molecular weight excluding hydrogens is 633 g/mol. The van der Waals surface area contributed by atoms with Gasteiger partial charge >= 0.3 is 0 Å². The number of amides is 5. The van der Waals surface area contributed by atoms with Crippen molar-refractivity contribution in [1.29, 1.82) is 0 Å². The minimum atomic E-state index is -5.66. The zero-order valence-corrected chi connectivity index (χ0v) is 26.6. The number of hydrogen-bond donors (Lipinski definition) is 6. The first-order valence-corrected chi connectivity index (χ1v) is 15.9.